The fraction of sp³-hybridized carbons (Fsp3) is 0.533. The monoisotopic (exact) mass is 293 g/mol. The third-order valence-electron chi connectivity index (χ3n) is 3.25. The Bertz CT molecular complexity index is 489. The summed E-state index contributed by atoms with van der Waals surface area (Å²) in [6, 6.07) is 1.74. The van der Waals surface area contributed by atoms with Gasteiger partial charge in [-0.2, -0.15) is 0 Å². The van der Waals surface area contributed by atoms with Crippen molar-refractivity contribution in [3.05, 3.63) is 29.6 Å². The number of carbonyl (C=O) groups excluding carboxylic acids is 1. The third-order valence-corrected chi connectivity index (χ3v) is 3.25. The molecular weight excluding hydrogens is 270 g/mol. The van der Waals surface area contributed by atoms with Crippen LogP contribution >= 0.6 is 0 Å². The van der Waals surface area contributed by atoms with Crippen LogP contribution in [0.1, 0.15) is 37.8 Å². The summed E-state index contributed by atoms with van der Waals surface area (Å²) in [7, 11) is 0. The number of hydrogen-bond acceptors (Lipinski definition) is 3. The molecule has 0 aliphatic rings. The molecule has 1 rings (SSSR count). The van der Waals surface area contributed by atoms with E-state index in [1.54, 1.807) is 17.3 Å². The molecule has 1 heterocycles. The number of carbonyl (C=O) groups is 2. The molecule has 116 valence electrons. The molecule has 0 fully saturated rings. The van der Waals surface area contributed by atoms with Crippen LogP contribution in [0.4, 0.5) is 4.79 Å². The number of nitrogens with one attached hydrogen (secondary N) is 1. The van der Waals surface area contributed by atoms with Gasteiger partial charge in [0.1, 0.15) is 0 Å². The smallest absolute Gasteiger partial charge is 0.317 e. The Hall–Kier alpha value is -2.11. The third kappa shape index (κ3) is 5.81. The number of carboxylic acid groups (broad SMARTS) is 1. The number of rotatable bonds is 7. The second-order valence-corrected chi connectivity index (χ2v) is 5.25. The highest BCUT2D eigenvalue weighted by Gasteiger charge is 2.16. The van der Waals surface area contributed by atoms with Gasteiger partial charge in [0, 0.05) is 37.9 Å². The summed E-state index contributed by atoms with van der Waals surface area (Å²) in [6.07, 6.45) is 3.97. The molecular formula is C15H23N3O3. The van der Waals surface area contributed by atoms with E-state index in [4.69, 9.17) is 5.11 Å². The van der Waals surface area contributed by atoms with E-state index in [0.29, 0.717) is 19.5 Å². The average molecular weight is 293 g/mol. The number of aromatic nitrogens is 1. The first-order chi connectivity index (χ1) is 9.91. The molecule has 2 amide bonds. The lowest BCUT2D eigenvalue weighted by Crippen LogP contribution is -2.44. The van der Waals surface area contributed by atoms with Gasteiger partial charge in [-0.15, -0.1) is 0 Å². The Labute approximate surface area is 125 Å². The normalized spacial score (nSPS) is 10.5. The molecule has 21 heavy (non-hydrogen) atoms. The van der Waals surface area contributed by atoms with Crippen molar-refractivity contribution in [1.82, 2.24) is 15.2 Å². The van der Waals surface area contributed by atoms with Gasteiger partial charge in [0.25, 0.3) is 0 Å². The SMILES string of the molecule is Cc1ccncc1CNC(=O)N(CCCC(=O)O)C(C)C. The predicted octanol–water partition coefficient (Wildman–Crippen LogP) is 2.17. The van der Waals surface area contributed by atoms with Crippen molar-refractivity contribution >= 4 is 12.0 Å². The van der Waals surface area contributed by atoms with Crippen LogP contribution in [0.3, 0.4) is 0 Å². The van der Waals surface area contributed by atoms with E-state index in [-0.39, 0.29) is 18.5 Å². The van der Waals surface area contributed by atoms with Gasteiger partial charge in [-0.1, -0.05) is 0 Å². The van der Waals surface area contributed by atoms with Gasteiger partial charge >= 0.3 is 12.0 Å². The Kier molecular flexibility index (Phi) is 6.65. The van der Waals surface area contributed by atoms with Crippen LogP contribution < -0.4 is 5.32 Å². The maximum atomic E-state index is 12.2. The summed E-state index contributed by atoms with van der Waals surface area (Å²) >= 11 is 0. The van der Waals surface area contributed by atoms with Crippen molar-refractivity contribution in [2.45, 2.75) is 46.2 Å². The highest BCUT2D eigenvalue weighted by molar-refractivity contribution is 5.74. The number of nitrogens with zero attached hydrogens (tertiary/aromatic N) is 2. The summed E-state index contributed by atoms with van der Waals surface area (Å²) in [4.78, 5) is 28.4. The fourth-order valence-electron chi connectivity index (χ4n) is 1.95. The van der Waals surface area contributed by atoms with Crippen molar-refractivity contribution in [3.8, 4) is 0 Å². The van der Waals surface area contributed by atoms with E-state index < -0.39 is 5.97 Å². The number of hydrogen-bond donors (Lipinski definition) is 2. The molecule has 0 saturated carbocycles. The second kappa shape index (κ2) is 8.24. The number of pyridine rings is 1. The first kappa shape index (κ1) is 16.9. The summed E-state index contributed by atoms with van der Waals surface area (Å²) in [5.41, 5.74) is 2.05. The highest BCUT2D eigenvalue weighted by Crippen LogP contribution is 2.06. The van der Waals surface area contributed by atoms with Crippen LogP contribution in [-0.2, 0) is 11.3 Å². The summed E-state index contributed by atoms with van der Waals surface area (Å²) in [5.74, 6) is -0.843. The van der Waals surface area contributed by atoms with E-state index in [1.165, 1.54) is 0 Å². The standard InChI is InChI=1S/C15H23N3O3/c1-11(2)18(8-4-5-14(19)20)15(21)17-10-13-9-16-7-6-12(13)3/h6-7,9,11H,4-5,8,10H2,1-3H3,(H,17,21)(H,19,20). The molecule has 6 nitrogen and oxygen atoms in total. The topological polar surface area (TPSA) is 82.5 Å². The first-order valence-electron chi connectivity index (χ1n) is 7.07. The minimum Gasteiger partial charge on any atom is -0.481 e. The molecule has 2 N–H and O–H groups in total. The molecule has 0 saturated heterocycles. The number of amides is 2. The molecule has 0 aromatic carbocycles. The lowest BCUT2D eigenvalue weighted by molar-refractivity contribution is -0.137. The van der Waals surface area contributed by atoms with E-state index >= 15 is 0 Å². The Balaban J connectivity index is 2.53. The van der Waals surface area contributed by atoms with E-state index in [0.717, 1.165) is 11.1 Å². The molecule has 0 spiro atoms. The van der Waals surface area contributed by atoms with Crippen molar-refractivity contribution in [1.29, 1.82) is 0 Å². The molecule has 0 aliphatic heterocycles. The minimum absolute atomic E-state index is 0.0220. The van der Waals surface area contributed by atoms with Crippen molar-refractivity contribution in [2.24, 2.45) is 0 Å². The van der Waals surface area contributed by atoms with Crippen molar-refractivity contribution in [3.63, 3.8) is 0 Å². The lowest BCUT2D eigenvalue weighted by atomic mass is 10.1. The fourth-order valence-corrected chi connectivity index (χ4v) is 1.95. The quantitative estimate of drug-likeness (QED) is 0.807. The number of carboxylic acids is 1. The lowest BCUT2D eigenvalue weighted by Gasteiger charge is -2.27. The number of aliphatic carboxylic acids is 1. The first-order valence-corrected chi connectivity index (χ1v) is 7.07. The van der Waals surface area contributed by atoms with Gasteiger partial charge in [-0.05, 0) is 44.4 Å². The maximum absolute atomic E-state index is 12.2. The van der Waals surface area contributed by atoms with Crippen LogP contribution in [0.5, 0.6) is 0 Å². The maximum Gasteiger partial charge on any atom is 0.317 e. The summed E-state index contributed by atoms with van der Waals surface area (Å²) < 4.78 is 0. The number of urea groups is 1. The predicted molar refractivity (Wildman–Crippen MR) is 79.9 cm³/mol. The van der Waals surface area contributed by atoms with E-state index in [9.17, 15) is 9.59 Å². The molecule has 0 bridgehead atoms. The summed E-state index contributed by atoms with van der Waals surface area (Å²) in [6.45, 7) is 6.64. The van der Waals surface area contributed by atoms with Crippen LogP contribution in [-0.4, -0.2) is 39.6 Å². The second-order valence-electron chi connectivity index (χ2n) is 5.25. The molecule has 1 aromatic heterocycles. The summed E-state index contributed by atoms with van der Waals surface area (Å²) in [5, 5.41) is 11.5. The largest absolute Gasteiger partial charge is 0.481 e. The molecule has 6 heteroatoms. The highest BCUT2D eigenvalue weighted by atomic mass is 16.4. The average Bonchev–Trinajstić information content (AvgIpc) is 2.41. The van der Waals surface area contributed by atoms with Crippen molar-refractivity contribution < 1.29 is 14.7 Å². The Morgan fingerprint density at radius 3 is 2.71 bits per heavy atom. The molecule has 0 radical (unpaired) electrons. The van der Waals surface area contributed by atoms with Crippen molar-refractivity contribution in [2.75, 3.05) is 6.54 Å². The molecule has 1 aromatic rings. The van der Waals surface area contributed by atoms with Gasteiger partial charge in [-0.25, -0.2) is 4.79 Å². The zero-order valence-corrected chi connectivity index (χ0v) is 12.8. The van der Waals surface area contributed by atoms with Gasteiger partial charge in [0.05, 0.1) is 0 Å². The van der Waals surface area contributed by atoms with Gasteiger partial charge in [-0.3, -0.25) is 9.78 Å². The zero-order chi connectivity index (χ0) is 15.8. The van der Waals surface area contributed by atoms with Gasteiger partial charge in [0.15, 0.2) is 0 Å². The van der Waals surface area contributed by atoms with E-state index in [1.807, 2.05) is 26.8 Å². The van der Waals surface area contributed by atoms with Gasteiger partial charge < -0.3 is 15.3 Å². The molecule has 0 atom stereocenters. The minimum atomic E-state index is -0.843. The number of aryl methyl sites for hydroxylation is 1. The van der Waals surface area contributed by atoms with Crippen LogP contribution in [0, 0.1) is 6.92 Å². The van der Waals surface area contributed by atoms with Crippen LogP contribution in [0.15, 0.2) is 18.5 Å². The molecule has 0 aliphatic carbocycles. The molecule has 0 unspecified atom stereocenters. The van der Waals surface area contributed by atoms with Crippen LogP contribution in [0.25, 0.3) is 0 Å². The van der Waals surface area contributed by atoms with E-state index in [2.05, 4.69) is 10.3 Å². The Morgan fingerprint density at radius 1 is 1.43 bits per heavy atom. The van der Waals surface area contributed by atoms with Gasteiger partial charge in [0.2, 0.25) is 0 Å². The Morgan fingerprint density at radius 2 is 2.14 bits per heavy atom. The van der Waals surface area contributed by atoms with Crippen LogP contribution in [0.2, 0.25) is 0 Å². The zero-order valence-electron chi connectivity index (χ0n) is 12.8.